The summed E-state index contributed by atoms with van der Waals surface area (Å²) in [6.45, 7) is 0. The van der Waals surface area contributed by atoms with Crippen LogP contribution < -0.4 is 10.5 Å². The minimum absolute atomic E-state index is 0.186. The minimum atomic E-state index is 0.186. The summed E-state index contributed by atoms with van der Waals surface area (Å²) in [5.74, 6) is 3.80. The third-order valence-electron chi connectivity index (χ3n) is 6.20. The Kier molecular flexibility index (Phi) is 2.85. The van der Waals surface area contributed by atoms with Crippen LogP contribution in [0.3, 0.4) is 0 Å². The highest BCUT2D eigenvalue weighted by atomic mass is 16.5. The highest BCUT2D eigenvalue weighted by molar-refractivity contribution is 5.32. The maximum absolute atomic E-state index is 6.76. The van der Waals surface area contributed by atoms with Gasteiger partial charge in [-0.05, 0) is 79.4 Å². The summed E-state index contributed by atoms with van der Waals surface area (Å²) in [5, 5.41) is 0. The summed E-state index contributed by atoms with van der Waals surface area (Å²) in [5.41, 5.74) is 8.41. The molecule has 2 nitrogen and oxygen atoms in total. The van der Waals surface area contributed by atoms with Gasteiger partial charge >= 0.3 is 0 Å². The van der Waals surface area contributed by atoms with E-state index >= 15 is 0 Å². The fourth-order valence-electron chi connectivity index (χ4n) is 5.75. The molecule has 1 unspecified atom stereocenters. The fourth-order valence-corrected chi connectivity index (χ4v) is 5.75. The molecule has 0 aromatic heterocycles. The molecule has 108 valence electrons. The standard InChI is InChI=1S/C18H25NO/c1-20-16-4-2-3-15(8-16)17(19)18-9-12-5-13(10-18)7-14(6-12)11-18/h2-4,8,12-14,17H,5-7,9-11,19H2,1H3. The van der Waals surface area contributed by atoms with Gasteiger partial charge in [-0.1, -0.05) is 12.1 Å². The molecule has 1 aromatic rings. The van der Waals surface area contributed by atoms with Crippen molar-refractivity contribution >= 4 is 0 Å². The Morgan fingerprint density at radius 3 is 2.25 bits per heavy atom. The van der Waals surface area contributed by atoms with E-state index < -0.39 is 0 Å². The van der Waals surface area contributed by atoms with Crippen LogP contribution in [-0.2, 0) is 0 Å². The molecule has 0 radical (unpaired) electrons. The zero-order valence-electron chi connectivity index (χ0n) is 12.3. The average Bonchev–Trinajstić information content (AvgIpc) is 2.45. The lowest BCUT2D eigenvalue weighted by atomic mass is 9.47. The Hall–Kier alpha value is -1.02. The first kappa shape index (κ1) is 12.7. The molecule has 2 heteroatoms. The zero-order chi connectivity index (χ0) is 13.7. The van der Waals surface area contributed by atoms with Gasteiger partial charge in [0.15, 0.2) is 0 Å². The van der Waals surface area contributed by atoms with Gasteiger partial charge < -0.3 is 10.5 Å². The van der Waals surface area contributed by atoms with Crippen LogP contribution in [0.1, 0.15) is 50.1 Å². The molecule has 1 atom stereocenters. The van der Waals surface area contributed by atoms with Gasteiger partial charge in [-0.3, -0.25) is 0 Å². The van der Waals surface area contributed by atoms with E-state index in [1.54, 1.807) is 7.11 Å². The SMILES string of the molecule is COc1cccc(C(N)C23CC4CC(CC(C4)C2)C3)c1. The molecule has 4 bridgehead atoms. The van der Waals surface area contributed by atoms with E-state index in [9.17, 15) is 0 Å². The number of hydrogen-bond acceptors (Lipinski definition) is 2. The lowest BCUT2D eigenvalue weighted by Gasteiger charge is -2.59. The van der Waals surface area contributed by atoms with Gasteiger partial charge in [-0.25, -0.2) is 0 Å². The van der Waals surface area contributed by atoms with E-state index in [0.29, 0.717) is 5.41 Å². The second-order valence-corrected chi connectivity index (χ2v) is 7.53. The molecule has 5 rings (SSSR count). The highest BCUT2D eigenvalue weighted by Crippen LogP contribution is 2.63. The molecule has 2 N–H and O–H groups in total. The predicted octanol–water partition coefficient (Wildman–Crippen LogP) is 3.91. The highest BCUT2D eigenvalue weighted by Gasteiger charge is 2.53. The van der Waals surface area contributed by atoms with Crippen molar-refractivity contribution < 1.29 is 4.74 Å². The molecular formula is C18H25NO. The lowest BCUT2D eigenvalue weighted by molar-refractivity contribution is -0.0677. The minimum Gasteiger partial charge on any atom is -0.497 e. The number of nitrogens with two attached hydrogens (primary N) is 1. The van der Waals surface area contributed by atoms with Crippen LogP contribution in [-0.4, -0.2) is 7.11 Å². The zero-order valence-corrected chi connectivity index (χ0v) is 12.3. The summed E-state index contributed by atoms with van der Waals surface area (Å²) in [6, 6.07) is 8.60. The molecule has 0 saturated heterocycles. The van der Waals surface area contributed by atoms with E-state index in [1.807, 2.05) is 6.07 Å². The first-order valence-corrected chi connectivity index (χ1v) is 8.08. The van der Waals surface area contributed by atoms with E-state index in [0.717, 1.165) is 23.5 Å². The number of benzene rings is 1. The van der Waals surface area contributed by atoms with Gasteiger partial charge in [-0.2, -0.15) is 0 Å². The topological polar surface area (TPSA) is 35.2 Å². The van der Waals surface area contributed by atoms with E-state index in [1.165, 1.54) is 44.1 Å². The Morgan fingerprint density at radius 2 is 1.70 bits per heavy atom. The predicted molar refractivity (Wildman–Crippen MR) is 80.5 cm³/mol. The fraction of sp³-hybridized carbons (Fsp3) is 0.667. The smallest absolute Gasteiger partial charge is 0.119 e. The van der Waals surface area contributed by atoms with Gasteiger partial charge in [0.25, 0.3) is 0 Å². The second kappa shape index (κ2) is 4.49. The van der Waals surface area contributed by atoms with Crippen LogP contribution in [0.15, 0.2) is 24.3 Å². The van der Waals surface area contributed by atoms with Crippen LogP contribution in [0.5, 0.6) is 5.75 Å². The molecule has 4 aliphatic carbocycles. The Bertz CT molecular complexity index is 475. The van der Waals surface area contributed by atoms with Crippen molar-refractivity contribution in [3.63, 3.8) is 0 Å². The Morgan fingerprint density at radius 1 is 1.10 bits per heavy atom. The first-order chi connectivity index (χ1) is 9.68. The number of ether oxygens (including phenoxy) is 1. The lowest BCUT2D eigenvalue weighted by Crippen LogP contribution is -2.50. The third-order valence-corrected chi connectivity index (χ3v) is 6.20. The third kappa shape index (κ3) is 1.88. The summed E-state index contributed by atoms with van der Waals surface area (Å²) in [7, 11) is 1.73. The molecule has 4 fully saturated rings. The monoisotopic (exact) mass is 271 g/mol. The van der Waals surface area contributed by atoms with Crippen molar-refractivity contribution in [1.82, 2.24) is 0 Å². The molecule has 0 amide bonds. The normalized spacial score (nSPS) is 39.8. The van der Waals surface area contributed by atoms with Crippen LogP contribution in [0.25, 0.3) is 0 Å². The quantitative estimate of drug-likeness (QED) is 0.904. The van der Waals surface area contributed by atoms with E-state index in [4.69, 9.17) is 10.5 Å². The van der Waals surface area contributed by atoms with Crippen LogP contribution in [0.2, 0.25) is 0 Å². The summed E-state index contributed by atoms with van der Waals surface area (Å²) in [4.78, 5) is 0. The summed E-state index contributed by atoms with van der Waals surface area (Å²) >= 11 is 0. The molecule has 0 spiro atoms. The number of methoxy groups -OCH3 is 1. The van der Waals surface area contributed by atoms with Gasteiger partial charge in [0.05, 0.1) is 7.11 Å². The van der Waals surface area contributed by atoms with Gasteiger partial charge in [0, 0.05) is 6.04 Å². The van der Waals surface area contributed by atoms with Crippen molar-refractivity contribution in [2.75, 3.05) is 7.11 Å². The van der Waals surface area contributed by atoms with Crippen molar-refractivity contribution in [2.45, 2.75) is 44.6 Å². The van der Waals surface area contributed by atoms with Crippen molar-refractivity contribution in [3.8, 4) is 5.75 Å². The molecule has 4 saturated carbocycles. The second-order valence-electron chi connectivity index (χ2n) is 7.53. The number of hydrogen-bond donors (Lipinski definition) is 1. The van der Waals surface area contributed by atoms with Gasteiger partial charge in [-0.15, -0.1) is 0 Å². The summed E-state index contributed by atoms with van der Waals surface area (Å²) in [6.07, 6.45) is 8.50. The first-order valence-electron chi connectivity index (χ1n) is 8.08. The van der Waals surface area contributed by atoms with Gasteiger partial charge in [0.2, 0.25) is 0 Å². The number of rotatable bonds is 3. The molecular weight excluding hydrogens is 246 g/mol. The van der Waals surface area contributed by atoms with E-state index in [-0.39, 0.29) is 6.04 Å². The van der Waals surface area contributed by atoms with Gasteiger partial charge in [0.1, 0.15) is 5.75 Å². The van der Waals surface area contributed by atoms with E-state index in [2.05, 4.69) is 18.2 Å². The summed E-state index contributed by atoms with van der Waals surface area (Å²) < 4.78 is 5.37. The molecule has 4 aliphatic rings. The van der Waals surface area contributed by atoms with Crippen LogP contribution >= 0.6 is 0 Å². The van der Waals surface area contributed by atoms with Crippen molar-refractivity contribution in [1.29, 1.82) is 0 Å². The molecule has 0 aliphatic heterocycles. The van der Waals surface area contributed by atoms with Crippen LogP contribution in [0, 0.1) is 23.2 Å². The molecule has 20 heavy (non-hydrogen) atoms. The maximum atomic E-state index is 6.76. The van der Waals surface area contributed by atoms with Crippen molar-refractivity contribution in [2.24, 2.45) is 28.9 Å². The average molecular weight is 271 g/mol. The Balaban J connectivity index is 1.65. The largest absolute Gasteiger partial charge is 0.497 e. The Labute approximate surface area is 121 Å². The molecule has 0 heterocycles. The van der Waals surface area contributed by atoms with Crippen LogP contribution in [0.4, 0.5) is 0 Å². The van der Waals surface area contributed by atoms with Crippen molar-refractivity contribution in [3.05, 3.63) is 29.8 Å². The molecule has 1 aromatic carbocycles. The maximum Gasteiger partial charge on any atom is 0.119 e.